The molecule has 2 aliphatic rings. The van der Waals surface area contributed by atoms with E-state index in [0.717, 1.165) is 6.42 Å². The molecule has 33 heavy (non-hydrogen) atoms. The van der Waals surface area contributed by atoms with Gasteiger partial charge in [0.25, 0.3) is 5.56 Å². The number of rotatable bonds is 5. The molecule has 0 N–H and O–H groups in total. The van der Waals surface area contributed by atoms with Crippen LogP contribution in [0.4, 0.5) is 5.69 Å². The first-order chi connectivity index (χ1) is 16.1. The number of fused-ring (bicyclic) bond motifs is 1. The molecule has 0 atom stereocenters. The number of carbonyl (C=O) groups is 1. The van der Waals surface area contributed by atoms with E-state index < -0.39 is 0 Å². The second-order valence-electron chi connectivity index (χ2n) is 8.34. The number of piperazine rings is 1. The minimum absolute atomic E-state index is 0.142. The Labute approximate surface area is 202 Å². The number of aromatic nitrogens is 2. The van der Waals surface area contributed by atoms with Gasteiger partial charge < -0.3 is 9.80 Å². The van der Waals surface area contributed by atoms with Crippen molar-refractivity contribution in [2.75, 3.05) is 36.8 Å². The zero-order chi connectivity index (χ0) is 22.8. The summed E-state index contributed by atoms with van der Waals surface area (Å²) >= 11 is 8.05. The first-order valence-corrected chi connectivity index (χ1v) is 12.6. The van der Waals surface area contributed by atoms with Gasteiger partial charge >= 0.3 is 0 Å². The van der Waals surface area contributed by atoms with Crippen LogP contribution in [0.2, 0.25) is 5.02 Å². The molecule has 0 spiro atoms. The van der Waals surface area contributed by atoms with Crippen molar-refractivity contribution in [1.82, 2.24) is 14.7 Å². The highest BCUT2D eigenvalue weighted by molar-refractivity contribution is 8.00. The number of hydrogen-bond donors (Lipinski definition) is 0. The van der Waals surface area contributed by atoms with Crippen molar-refractivity contribution in [3.63, 3.8) is 0 Å². The molecular weight excluding hydrogens is 456 g/mol. The average Bonchev–Trinajstić information content (AvgIpc) is 3.33. The lowest BCUT2D eigenvalue weighted by Crippen LogP contribution is -2.49. The van der Waals surface area contributed by atoms with E-state index in [1.807, 2.05) is 40.1 Å². The van der Waals surface area contributed by atoms with E-state index >= 15 is 0 Å². The zero-order valence-corrected chi connectivity index (χ0v) is 19.8. The summed E-state index contributed by atoms with van der Waals surface area (Å²) in [4.78, 5) is 30.6. The minimum atomic E-state index is -0.343. The fourth-order valence-electron chi connectivity index (χ4n) is 4.47. The van der Waals surface area contributed by atoms with E-state index in [0.29, 0.717) is 43.3 Å². The Morgan fingerprint density at radius 2 is 1.76 bits per heavy atom. The van der Waals surface area contributed by atoms with Gasteiger partial charge in [-0.25, -0.2) is 0 Å². The standard InChI is InChI=1S/C25H25ClN4O2S/c26-24-22(16-27-30(25(24)32)20-7-2-1-3-8-20)28-11-13-29(14-12-28)23(31)17-33-21-10-9-18-5-4-6-19(18)15-21/h1-3,7-10,15-16H,4-6,11-14,17H2. The van der Waals surface area contributed by atoms with Crippen molar-refractivity contribution in [3.8, 4) is 5.69 Å². The van der Waals surface area contributed by atoms with Crippen LogP contribution < -0.4 is 10.5 Å². The van der Waals surface area contributed by atoms with Gasteiger partial charge in [-0.1, -0.05) is 35.9 Å². The lowest BCUT2D eigenvalue weighted by Gasteiger charge is -2.36. The van der Waals surface area contributed by atoms with E-state index in [2.05, 4.69) is 23.3 Å². The third-order valence-corrected chi connectivity index (χ3v) is 7.64. The molecule has 1 aliphatic carbocycles. The average molecular weight is 481 g/mol. The lowest BCUT2D eigenvalue weighted by molar-refractivity contribution is -0.128. The van der Waals surface area contributed by atoms with E-state index in [1.165, 1.54) is 33.5 Å². The van der Waals surface area contributed by atoms with Crippen LogP contribution in [0, 0.1) is 0 Å². The molecular formula is C25H25ClN4O2S. The van der Waals surface area contributed by atoms with Gasteiger partial charge in [-0.3, -0.25) is 9.59 Å². The number of carbonyl (C=O) groups excluding carboxylic acids is 1. The van der Waals surface area contributed by atoms with Crippen LogP contribution in [0.1, 0.15) is 17.5 Å². The van der Waals surface area contributed by atoms with Crippen LogP contribution in [0.3, 0.4) is 0 Å². The second-order valence-corrected chi connectivity index (χ2v) is 9.76. The van der Waals surface area contributed by atoms with Crippen LogP contribution in [0.15, 0.2) is 64.4 Å². The second kappa shape index (κ2) is 9.61. The van der Waals surface area contributed by atoms with Gasteiger partial charge in [-0.2, -0.15) is 9.78 Å². The summed E-state index contributed by atoms with van der Waals surface area (Å²) in [7, 11) is 0. The number of aryl methyl sites for hydroxylation is 2. The van der Waals surface area contributed by atoms with E-state index in [4.69, 9.17) is 11.6 Å². The predicted molar refractivity (Wildman–Crippen MR) is 133 cm³/mol. The maximum absolute atomic E-state index is 12.8. The lowest BCUT2D eigenvalue weighted by atomic mass is 10.1. The van der Waals surface area contributed by atoms with Gasteiger partial charge in [0.2, 0.25) is 5.91 Å². The van der Waals surface area contributed by atoms with Crippen LogP contribution in [0.25, 0.3) is 5.69 Å². The molecule has 3 aromatic rings. The number of para-hydroxylation sites is 1. The van der Waals surface area contributed by atoms with Crippen LogP contribution in [-0.2, 0) is 17.6 Å². The maximum atomic E-state index is 12.8. The maximum Gasteiger partial charge on any atom is 0.292 e. The van der Waals surface area contributed by atoms with Crippen LogP contribution in [-0.4, -0.2) is 52.5 Å². The molecule has 170 valence electrons. The van der Waals surface area contributed by atoms with Gasteiger partial charge in [0.1, 0.15) is 5.02 Å². The molecule has 1 fully saturated rings. The molecule has 0 unspecified atom stereocenters. The highest BCUT2D eigenvalue weighted by Crippen LogP contribution is 2.28. The Hall–Kier alpha value is -2.77. The number of amides is 1. The zero-order valence-electron chi connectivity index (χ0n) is 18.2. The van der Waals surface area contributed by atoms with Crippen molar-refractivity contribution >= 4 is 35.0 Å². The Bertz CT molecular complexity index is 1220. The Morgan fingerprint density at radius 1 is 1.00 bits per heavy atom. The third-order valence-electron chi connectivity index (χ3n) is 6.31. The molecule has 1 amide bonds. The number of thioether (sulfide) groups is 1. The molecule has 2 heterocycles. The van der Waals surface area contributed by atoms with Gasteiger partial charge in [0, 0.05) is 31.1 Å². The number of hydrogen-bond acceptors (Lipinski definition) is 5. The molecule has 0 bridgehead atoms. The Kier molecular flexibility index (Phi) is 6.42. The van der Waals surface area contributed by atoms with Crippen molar-refractivity contribution in [1.29, 1.82) is 0 Å². The first-order valence-electron chi connectivity index (χ1n) is 11.2. The van der Waals surface area contributed by atoms with Crippen molar-refractivity contribution in [2.24, 2.45) is 0 Å². The van der Waals surface area contributed by atoms with Gasteiger partial charge in [0.05, 0.1) is 23.3 Å². The summed E-state index contributed by atoms with van der Waals surface area (Å²) in [5, 5.41) is 4.47. The third kappa shape index (κ3) is 4.66. The first kappa shape index (κ1) is 22.0. The highest BCUT2D eigenvalue weighted by Gasteiger charge is 2.24. The number of benzene rings is 2. The molecule has 5 rings (SSSR count). The molecule has 0 radical (unpaired) electrons. The summed E-state index contributed by atoms with van der Waals surface area (Å²) in [6.45, 7) is 2.43. The summed E-state index contributed by atoms with van der Waals surface area (Å²) in [5.41, 5.74) is 3.83. The number of anilines is 1. The Morgan fingerprint density at radius 3 is 2.55 bits per heavy atom. The topological polar surface area (TPSA) is 58.4 Å². The molecule has 8 heteroatoms. The van der Waals surface area contributed by atoms with E-state index in [-0.39, 0.29) is 16.5 Å². The summed E-state index contributed by atoms with van der Waals surface area (Å²) in [6, 6.07) is 15.8. The molecule has 1 saturated heterocycles. The normalized spacial score (nSPS) is 15.5. The largest absolute Gasteiger partial charge is 0.365 e. The SMILES string of the molecule is O=C(CSc1ccc2c(c1)CCC2)N1CCN(c2cnn(-c3ccccc3)c(=O)c2Cl)CC1. The smallest absolute Gasteiger partial charge is 0.292 e. The molecule has 2 aromatic carbocycles. The fraction of sp³-hybridized carbons (Fsp3) is 0.320. The quantitative estimate of drug-likeness (QED) is 0.520. The molecule has 1 aromatic heterocycles. The van der Waals surface area contributed by atoms with E-state index in [9.17, 15) is 9.59 Å². The Balaban J connectivity index is 1.19. The molecule has 0 saturated carbocycles. The monoisotopic (exact) mass is 480 g/mol. The van der Waals surface area contributed by atoms with Gasteiger partial charge in [-0.15, -0.1) is 11.8 Å². The number of halogens is 1. The van der Waals surface area contributed by atoms with Crippen LogP contribution >= 0.6 is 23.4 Å². The summed E-state index contributed by atoms with van der Waals surface area (Å²) in [6.07, 6.45) is 5.18. The molecule has 6 nitrogen and oxygen atoms in total. The van der Waals surface area contributed by atoms with Crippen molar-refractivity contribution < 1.29 is 4.79 Å². The summed E-state index contributed by atoms with van der Waals surface area (Å²) in [5.74, 6) is 0.581. The van der Waals surface area contributed by atoms with Gasteiger partial charge in [-0.05, 0) is 54.7 Å². The summed E-state index contributed by atoms with van der Waals surface area (Å²) < 4.78 is 1.31. The fourth-order valence-corrected chi connectivity index (χ4v) is 5.58. The van der Waals surface area contributed by atoms with Crippen molar-refractivity contribution in [3.05, 3.63) is 81.2 Å². The number of nitrogens with zero attached hydrogens (tertiary/aromatic N) is 4. The van der Waals surface area contributed by atoms with Gasteiger partial charge in [0.15, 0.2) is 0 Å². The van der Waals surface area contributed by atoms with E-state index in [1.54, 1.807) is 18.0 Å². The minimum Gasteiger partial charge on any atom is -0.365 e. The molecule has 1 aliphatic heterocycles. The van der Waals surface area contributed by atoms with Crippen LogP contribution in [0.5, 0.6) is 0 Å². The van der Waals surface area contributed by atoms with Crippen molar-refractivity contribution in [2.45, 2.75) is 24.2 Å². The highest BCUT2D eigenvalue weighted by atomic mass is 35.5. The predicted octanol–water partition coefficient (Wildman–Crippen LogP) is 3.82.